The van der Waals surface area contributed by atoms with Crippen LogP contribution < -0.4 is 0 Å². The zero-order valence-corrected chi connectivity index (χ0v) is 13.5. The van der Waals surface area contributed by atoms with Crippen LogP contribution in [-0.2, 0) is 4.74 Å². The lowest BCUT2D eigenvalue weighted by Gasteiger charge is -2.40. The van der Waals surface area contributed by atoms with E-state index in [1.165, 1.54) is 44.9 Å². The zero-order chi connectivity index (χ0) is 14.7. The lowest BCUT2D eigenvalue weighted by Crippen LogP contribution is -2.36. The Balaban J connectivity index is 1.43. The normalized spacial score (nSPS) is 41.6. The Morgan fingerprint density at radius 2 is 1.76 bits per heavy atom. The maximum Gasteiger partial charge on any atom is 0.0960 e. The Kier molecular flexibility index (Phi) is 5.37. The van der Waals surface area contributed by atoms with Crippen LogP contribution in [-0.4, -0.2) is 12.7 Å². The van der Waals surface area contributed by atoms with Gasteiger partial charge in [0.05, 0.1) is 18.5 Å². The molecule has 1 heterocycles. The molecule has 0 spiro atoms. The van der Waals surface area contributed by atoms with E-state index < -0.39 is 0 Å². The number of allylic oxidation sites excluding steroid dienone is 2. The van der Waals surface area contributed by atoms with Gasteiger partial charge in [0.15, 0.2) is 0 Å². The number of hydrogen-bond donors (Lipinski definition) is 0. The van der Waals surface area contributed by atoms with Gasteiger partial charge < -0.3 is 4.74 Å². The molecule has 3 unspecified atom stereocenters. The van der Waals surface area contributed by atoms with Crippen molar-refractivity contribution < 1.29 is 9.13 Å². The Morgan fingerprint density at radius 3 is 2.33 bits per heavy atom. The van der Waals surface area contributed by atoms with Gasteiger partial charge in [-0.05, 0) is 68.6 Å². The summed E-state index contributed by atoms with van der Waals surface area (Å²) in [6.07, 6.45) is 14.3. The monoisotopic (exact) mass is 294 g/mol. The van der Waals surface area contributed by atoms with Gasteiger partial charge >= 0.3 is 0 Å². The van der Waals surface area contributed by atoms with Gasteiger partial charge in [-0.2, -0.15) is 0 Å². The molecule has 0 aromatic carbocycles. The van der Waals surface area contributed by atoms with E-state index in [4.69, 9.17) is 4.74 Å². The molecule has 3 rings (SSSR count). The predicted molar refractivity (Wildman–Crippen MR) is 84.7 cm³/mol. The highest BCUT2D eigenvalue weighted by Gasteiger charge is 2.34. The minimum absolute atomic E-state index is 0.0904. The second kappa shape index (κ2) is 7.26. The summed E-state index contributed by atoms with van der Waals surface area (Å²) < 4.78 is 19.3. The first-order chi connectivity index (χ1) is 10.3. The summed E-state index contributed by atoms with van der Waals surface area (Å²) in [5, 5.41) is 0. The summed E-state index contributed by atoms with van der Waals surface area (Å²) in [6, 6.07) is 0. The molecule has 2 heteroatoms. The van der Waals surface area contributed by atoms with Crippen LogP contribution in [0.3, 0.4) is 0 Å². The van der Waals surface area contributed by atoms with Gasteiger partial charge in [0.1, 0.15) is 0 Å². The molecule has 120 valence electrons. The Hall–Kier alpha value is -0.370. The van der Waals surface area contributed by atoms with E-state index in [-0.39, 0.29) is 5.83 Å². The summed E-state index contributed by atoms with van der Waals surface area (Å²) >= 11 is 0. The van der Waals surface area contributed by atoms with Gasteiger partial charge in [-0.1, -0.05) is 32.3 Å². The van der Waals surface area contributed by atoms with E-state index in [9.17, 15) is 4.39 Å². The maximum absolute atomic E-state index is 13.1. The Bertz CT molecular complexity index is 349. The molecule has 2 fully saturated rings. The first kappa shape index (κ1) is 15.5. The minimum atomic E-state index is 0.0904. The van der Waals surface area contributed by atoms with Gasteiger partial charge in [-0.25, -0.2) is 4.39 Å². The van der Waals surface area contributed by atoms with E-state index in [2.05, 4.69) is 6.92 Å². The summed E-state index contributed by atoms with van der Waals surface area (Å²) in [6.45, 7) is 3.30. The third kappa shape index (κ3) is 3.88. The molecule has 0 radical (unpaired) electrons. The minimum Gasteiger partial charge on any atom is -0.378 e. The van der Waals surface area contributed by atoms with Crippen molar-refractivity contribution >= 4 is 0 Å². The fourth-order valence-corrected chi connectivity index (χ4v) is 4.76. The molecular weight excluding hydrogens is 263 g/mol. The molecule has 21 heavy (non-hydrogen) atoms. The molecule has 0 bridgehead atoms. The first-order valence-corrected chi connectivity index (χ1v) is 9.22. The lowest BCUT2D eigenvalue weighted by atomic mass is 9.72. The summed E-state index contributed by atoms with van der Waals surface area (Å²) in [5.74, 6) is 3.36. The highest BCUT2D eigenvalue weighted by molar-refractivity contribution is 4.99. The summed E-state index contributed by atoms with van der Waals surface area (Å²) in [7, 11) is 0. The summed E-state index contributed by atoms with van der Waals surface area (Å²) in [4.78, 5) is 0. The topological polar surface area (TPSA) is 9.23 Å². The van der Waals surface area contributed by atoms with Crippen molar-refractivity contribution in [1.82, 2.24) is 0 Å². The van der Waals surface area contributed by atoms with E-state index in [0.29, 0.717) is 18.4 Å². The molecule has 0 amide bonds. The van der Waals surface area contributed by atoms with Crippen molar-refractivity contribution in [2.24, 2.45) is 23.7 Å². The molecule has 2 aliphatic carbocycles. The van der Waals surface area contributed by atoms with Gasteiger partial charge in [0.2, 0.25) is 0 Å². The van der Waals surface area contributed by atoms with Crippen LogP contribution in [0.15, 0.2) is 11.9 Å². The van der Waals surface area contributed by atoms with Crippen molar-refractivity contribution in [2.45, 2.75) is 77.2 Å². The molecule has 0 aromatic rings. The number of rotatable bonds is 3. The molecule has 1 nitrogen and oxygen atoms in total. The van der Waals surface area contributed by atoms with Gasteiger partial charge in [0, 0.05) is 0 Å². The summed E-state index contributed by atoms with van der Waals surface area (Å²) in [5.41, 5.74) is 0. The number of halogens is 1. The van der Waals surface area contributed by atoms with Crippen molar-refractivity contribution in [2.75, 3.05) is 6.61 Å². The predicted octanol–water partition coefficient (Wildman–Crippen LogP) is 5.65. The quantitative estimate of drug-likeness (QED) is 0.653. The molecule has 1 saturated carbocycles. The second-order valence-electron chi connectivity index (χ2n) is 7.58. The van der Waals surface area contributed by atoms with Crippen molar-refractivity contribution in [3.8, 4) is 0 Å². The Labute approximate surface area is 129 Å². The lowest BCUT2D eigenvalue weighted by molar-refractivity contribution is -0.0672. The molecule has 3 atom stereocenters. The fraction of sp³-hybridized carbons (Fsp3) is 0.895. The number of hydrogen-bond acceptors (Lipinski definition) is 1. The van der Waals surface area contributed by atoms with Crippen LogP contribution in [0.25, 0.3) is 0 Å². The fourth-order valence-electron chi connectivity index (χ4n) is 4.76. The van der Waals surface area contributed by atoms with Gasteiger partial charge in [0.25, 0.3) is 0 Å². The van der Waals surface area contributed by atoms with Gasteiger partial charge in [-0.15, -0.1) is 0 Å². The zero-order valence-electron chi connectivity index (χ0n) is 13.5. The molecule has 3 aliphatic rings. The molecular formula is C19H31FO. The van der Waals surface area contributed by atoms with E-state index >= 15 is 0 Å². The van der Waals surface area contributed by atoms with E-state index in [1.807, 2.05) is 0 Å². The molecule has 1 aliphatic heterocycles. The van der Waals surface area contributed by atoms with Crippen molar-refractivity contribution in [3.05, 3.63) is 11.9 Å². The SMILES string of the molecule is CCC1CCC(C2CCC(C3CC=C(F)CC3)OC2)CC1. The standard InChI is InChI=1S/C19H31FO/c1-2-14-3-5-15(6-4-14)17-9-12-19(21-13-17)16-7-10-18(20)11-8-16/h10,14-17,19H,2-9,11-13H2,1H3. The maximum atomic E-state index is 13.1. The molecule has 0 N–H and O–H groups in total. The largest absolute Gasteiger partial charge is 0.378 e. The second-order valence-corrected chi connectivity index (χ2v) is 7.58. The van der Waals surface area contributed by atoms with Crippen LogP contribution in [0, 0.1) is 23.7 Å². The van der Waals surface area contributed by atoms with Crippen molar-refractivity contribution in [3.63, 3.8) is 0 Å². The van der Waals surface area contributed by atoms with Crippen LogP contribution in [0.4, 0.5) is 4.39 Å². The van der Waals surface area contributed by atoms with Crippen LogP contribution in [0.2, 0.25) is 0 Å². The average Bonchev–Trinajstić information content (AvgIpc) is 2.56. The smallest absolute Gasteiger partial charge is 0.0960 e. The van der Waals surface area contributed by atoms with E-state index in [1.54, 1.807) is 6.08 Å². The average molecular weight is 294 g/mol. The van der Waals surface area contributed by atoms with Gasteiger partial charge in [-0.3, -0.25) is 0 Å². The highest BCUT2D eigenvalue weighted by atomic mass is 19.1. The van der Waals surface area contributed by atoms with Crippen molar-refractivity contribution in [1.29, 1.82) is 0 Å². The number of ether oxygens (including phenoxy) is 1. The first-order valence-electron chi connectivity index (χ1n) is 9.22. The van der Waals surface area contributed by atoms with Crippen LogP contribution >= 0.6 is 0 Å². The highest BCUT2D eigenvalue weighted by Crippen LogP contribution is 2.40. The van der Waals surface area contributed by atoms with Crippen LogP contribution in [0.1, 0.15) is 71.1 Å². The van der Waals surface area contributed by atoms with E-state index in [0.717, 1.165) is 37.2 Å². The van der Waals surface area contributed by atoms with Crippen LogP contribution in [0.5, 0.6) is 0 Å². The third-order valence-corrected chi connectivity index (χ3v) is 6.40. The Morgan fingerprint density at radius 1 is 1.00 bits per heavy atom. The molecule has 0 aromatic heterocycles. The third-order valence-electron chi connectivity index (χ3n) is 6.40. The molecule has 1 saturated heterocycles.